The predicted octanol–water partition coefficient (Wildman–Crippen LogP) is 2.54. The zero-order valence-corrected chi connectivity index (χ0v) is 12.0. The third kappa shape index (κ3) is 2.69. The molecule has 0 aliphatic carbocycles. The second-order valence-corrected chi connectivity index (χ2v) is 4.82. The summed E-state index contributed by atoms with van der Waals surface area (Å²) in [5, 5.41) is 7.99. The number of likely N-dealkylation sites (N-methyl/N-ethyl adjacent to an activating group) is 1. The molecule has 0 bridgehead atoms. The molecule has 100 valence electrons. The van der Waals surface area contributed by atoms with Crippen LogP contribution in [0.1, 0.15) is 21.7 Å². The van der Waals surface area contributed by atoms with Gasteiger partial charge in [-0.15, -0.1) is 0 Å². The Balaban J connectivity index is 2.46. The Morgan fingerprint density at radius 3 is 2.53 bits per heavy atom. The summed E-state index contributed by atoms with van der Waals surface area (Å²) in [5.74, 6) is 0.0534. The first-order valence-electron chi connectivity index (χ1n) is 6.04. The van der Waals surface area contributed by atoms with Crippen LogP contribution in [0.5, 0.6) is 0 Å². The fourth-order valence-electron chi connectivity index (χ4n) is 2.13. The highest BCUT2D eigenvalue weighted by molar-refractivity contribution is 6.30. The Kier molecular flexibility index (Phi) is 4.02. The molecule has 0 aliphatic heterocycles. The number of nitrogens with zero attached hydrogens (tertiary/aromatic N) is 2. The topological polar surface area (TPSA) is 46.9 Å². The number of hydrogen-bond donors (Lipinski definition) is 1. The number of aromatic nitrogens is 2. The van der Waals surface area contributed by atoms with Crippen molar-refractivity contribution < 1.29 is 4.79 Å². The van der Waals surface area contributed by atoms with Gasteiger partial charge < -0.3 is 5.32 Å². The molecule has 2 aromatic rings. The quantitative estimate of drug-likeness (QED) is 0.874. The smallest absolute Gasteiger partial charge is 0.180 e. The summed E-state index contributed by atoms with van der Waals surface area (Å²) < 4.78 is 1.77. The van der Waals surface area contributed by atoms with E-state index < -0.39 is 0 Å². The maximum Gasteiger partial charge on any atom is 0.180 e. The van der Waals surface area contributed by atoms with Crippen LogP contribution >= 0.6 is 11.6 Å². The van der Waals surface area contributed by atoms with E-state index in [4.69, 9.17) is 11.6 Å². The zero-order chi connectivity index (χ0) is 14.0. The third-order valence-electron chi connectivity index (χ3n) is 2.98. The summed E-state index contributed by atoms with van der Waals surface area (Å²) in [7, 11) is 1.76. The van der Waals surface area contributed by atoms with E-state index in [0.717, 1.165) is 17.1 Å². The number of carbonyl (C=O) groups is 1. The number of halogens is 1. The molecule has 0 unspecified atom stereocenters. The van der Waals surface area contributed by atoms with Gasteiger partial charge in [0.1, 0.15) is 0 Å². The van der Waals surface area contributed by atoms with Gasteiger partial charge in [0.25, 0.3) is 0 Å². The van der Waals surface area contributed by atoms with Crippen molar-refractivity contribution in [1.29, 1.82) is 0 Å². The third-order valence-corrected chi connectivity index (χ3v) is 3.23. The normalized spacial score (nSPS) is 10.7. The molecule has 0 saturated carbocycles. The molecule has 0 atom stereocenters. The molecule has 1 aromatic carbocycles. The van der Waals surface area contributed by atoms with Gasteiger partial charge in [-0.05, 0) is 45.2 Å². The van der Waals surface area contributed by atoms with Crippen molar-refractivity contribution >= 4 is 17.4 Å². The first-order chi connectivity index (χ1) is 9.04. The lowest BCUT2D eigenvalue weighted by molar-refractivity contribution is 0.0992. The van der Waals surface area contributed by atoms with E-state index >= 15 is 0 Å². The lowest BCUT2D eigenvalue weighted by Gasteiger charge is -2.05. The molecule has 5 heteroatoms. The van der Waals surface area contributed by atoms with Crippen molar-refractivity contribution in [1.82, 2.24) is 15.1 Å². The Hall–Kier alpha value is -1.65. The van der Waals surface area contributed by atoms with E-state index in [1.54, 1.807) is 11.7 Å². The number of hydrogen-bond acceptors (Lipinski definition) is 3. The van der Waals surface area contributed by atoms with Gasteiger partial charge in [0, 0.05) is 5.02 Å². The first-order valence-corrected chi connectivity index (χ1v) is 6.42. The maximum absolute atomic E-state index is 12.0. The van der Waals surface area contributed by atoms with Crippen LogP contribution < -0.4 is 5.32 Å². The average Bonchev–Trinajstić information content (AvgIpc) is 2.66. The number of carbonyl (C=O) groups excluding carboxylic acids is 1. The molecule has 1 heterocycles. The van der Waals surface area contributed by atoms with Gasteiger partial charge in [0.2, 0.25) is 0 Å². The van der Waals surface area contributed by atoms with E-state index in [9.17, 15) is 4.79 Å². The fourth-order valence-corrected chi connectivity index (χ4v) is 2.25. The molecule has 0 amide bonds. The SMILES string of the molecule is CNCC(=O)c1c(C)nn(-c2ccc(Cl)cc2)c1C. The lowest BCUT2D eigenvalue weighted by atomic mass is 10.1. The molecule has 0 fully saturated rings. The largest absolute Gasteiger partial charge is 0.313 e. The van der Waals surface area contributed by atoms with Crippen molar-refractivity contribution in [2.75, 3.05) is 13.6 Å². The van der Waals surface area contributed by atoms with Crippen molar-refractivity contribution in [2.45, 2.75) is 13.8 Å². The highest BCUT2D eigenvalue weighted by atomic mass is 35.5. The number of Topliss-reactive ketones (excluding diaryl/α,β-unsaturated/α-hetero) is 1. The monoisotopic (exact) mass is 277 g/mol. The number of ketones is 1. The Bertz CT molecular complexity index is 602. The second kappa shape index (κ2) is 5.55. The van der Waals surface area contributed by atoms with Crippen LogP contribution in [0.25, 0.3) is 5.69 Å². The summed E-state index contributed by atoms with van der Waals surface area (Å²) in [5.41, 5.74) is 3.17. The molecule has 0 spiro atoms. The molecular formula is C14H16ClN3O. The van der Waals surface area contributed by atoms with Crippen molar-refractivity contribution in [3.8, 4) is 5.69 Å². The Morgan fingerprint density at radius 1 is 1.32 bits per heavy atom. The van der Waals surface area contributed by atoms with Crippen LogP contribution in [0.4, 0.5) is 0 Å². The summed E-state index contributed by atoms with van der Waals surface area (Å²) in [6.45, 7) is 4.06. The minimum atomic E-state index is 0.0534. The van der Waals surface area contributed by atoms with Gasteiger partial charge in [-0.2, -0.15) is 5.10 Å². The van der Waals surface area contributed by atoms with Crippen LogP contribution in [-0.4, -0.2) is 29.2 Å². The molecule has 4 nitrogen and oxygen atoms in total. The Labute approximate surface area is 117 Å². The molecule has 19 heavy (non-hydrogen) atoms. The molecule has 0 saturated heterocycles. The number of benzene rings is 1. The van der Waals surface area contributed by atoms with E-state index in [1.165, 1.54) is 0 Å². The number of aryl methyl sites for hydroxylation is 1. The van der Waals surface area contributed by atoms with Crippen molar-refractivity contribution in [2.24, 2.45) is 0 Å². The van der Waals surface area contributed by atoms with Crippen LogP contribution in [0.3, 0.4) is 0 Å². The Morgan fingerprint density at radius 2 is 1.95 bits per heavy atom. The summed E-state index contributed by atoms with van der Waals surface area (Å²) in [6, 6.07) is 7.38. The second-order valence-electron chi connectivity index (χ2n) is 4.39. The molecule has 1 aromatic heterocycles. The predicted molar refractivity (Wildman–Crippen MR) is 76.3 cm³/mol. The summed E-state index contributed by atoms with van der Waals surface area (Å²) in [6.07, 6.45) is 0. The van der Waals surface area contributed by atoms with Gasteiger partial charge in [-0.3, -0.25) is 4.79 Å². The molecule has 2 rings (SSSR count). The minimum Gasteiger partial charge on any atom is -0.313 e. The van der Waals surface area contributed by atoms with E-state index in [0.29, 0.717) is 17.1 Å². The van der Waals surface area contributed by atoms with Gasteiger partial charge in [0.05, 0.1) is 29.2 Å². The van der Waals surface area contributed by atoms with Crippen LogP contribution in [0.15, 0.2) is 24.3 Å². The van der Waals surface area contributed by atoms with E-state index in [1.807, 2.05) is 38.1 Å². The molecule has 1 N–H and O–H groups in total. The van der Waals surface area contributed by atoms with Gasteiger partial charge in [0.15, 0.2) is 5.78 Å². The van der Waals surface area contributed by atoms with Crippen LogP contribution in [0, 0.1) is 13.8 Å². The van der Waals surface area contributed by atoms with Crippen LogP contribution in [0.2, 0.25) is 5.02 Å². The average molecular weight is 278 g/mol. The van der Waals surface area contributed by atoms with Gasteiger partial charge >= 0.3 is 0 Å². The van der Waals surface area contributed by atoms with E-state index in [-0.39, 0.29) is 5.78 Å². The number of rotatable bonds is 4. The van der Waals surface area contributed by atoms with Gasteiger partial charge in [-0.25, -0.2) is 4.68 Å². The number of nitrogens with one attached hydrogen (secondary N) is 1. The summed E-state index contributed by atoms with van der Waals surface area (Å²) in [4.78, 5) is 12.0. The first kappa shape index (κ1) is 13.8. The maximum atomic E-state index is 12.0. The fraction of sp³-hybridized carbons (Fsp3) is 0.286. The molecule has 0 radical (unpaired) electrons. The zero-order valence-electron chi connectivity index (χ0n) is 11.2. The highest BCUT2D eigenvalue weighted by Gasteiger charge is 2.18. The van der Waals surface area contributed by atoms with Gasteiger partial charge in [-0.1, -0.05) is 11.6 Å². The molecule has 0 aliphatic rings. The van der Waals surface area contributed by atoms with Crippen molar-refractivity contribution in [3.05, 3.63) is 46.2 Å². The molecular weight excluding hydrogens is 262 g/mol. The highest BCUT2D eigenvalue weighted by Crippen LogP contribution is 2.19. The van der Waals surface area contributed by atoms with E-state index in [2.05, 4.69) is 10.4 Å². The standard InChI is InChI=1S/C14H16ClN3O/c1-9-14(13(19)8-16-3)10(2)18(17-9)12-6-4-11(15)5-7-12/h4-7,16H,8H2,1-3H3. The van der Waals surface area contributed by atoms with Crippen molar-refractivity contribution in [3.63, 3.8) is 0 Å². The van der Waals surface area contributed by atoms with Crippen LogP contribution in [-0.2, 0) is 0 Å². The minimum absolute atomic E-state index is 0.0534. The lowest BCUT2D eigenvalue weighted by Crippen LogP contribution is -2.19. The summed E-state index contributed by atoms with van der Waals surface area (Å²) >= 11 is 5.88.